The van der Waals surface area contributed by atoms with Crippen LogP contribution in [0, 0.1) is 5.92 Å². The molecule has 2 aromatic rings. The van der Waals surface area contributed by atoms with Crippen LogP contribution in [0.15, 0.2) is 24.3 Å². The van der Waals surface area contributed by atoms with E-state index in [4.69, 9.17) is 0 Å². The zero-order chi connectivity index (χ0) is 17.8. The van der Waals surface area contributed by atoms with Gasteiger partial charge in [-0.3, -0.25) is 4.79 Å². The van der Waals surface area contributed by atoms with Crippen LogP contribution in [0.3, 0.4) is 0 Å². The Morgan fingerprint density at radius 3 is 2.56 bits per heavy atom. The molecule has 0 saturated heterocycles. The number of rotatable bonds is 1. The van der Waals surface area contributed by atoms with Gasteiger partial charge in [0.05, 0.1) is 10.6 Å². The van der Waals surface area contributed by atoms with Crippen molar-refractivity contribution in [3.8, 4) is 0 Å². The number of amides is 1. The van der Waals surface area contributed by atoms with Crippen LogP contribution in [-0.4, -0.2) is 5.91 Å². The predicted molar refractivity (Wildman–Crippen MR) is 92.0 cm³/mol. The Balaban J connectivity index is 1.76. The molecule has 1 aliphatic carbocycles. The maximum Gasteiger partial charge on any atom is 0.416 e. The van der Waals surface area contributed by atoms with Crippen molar-refractivity contribution >= 4 is 22.2 Å². The molecule has 0 saturated carbocycles. The highest BCUT2D eigenvalue weighted by Gasteiger charge is 2.35. The number of alkyl halides is 3. The molecule has 0 radical (unpaired) electrons. The number of hydrogen-bond donors (Lipinski definition) is 1. The van der Waals surface area contributed by atoms with Crippen molar-refractivity contribution in [3.63, 3.8) is 0 Å². The maximum atomic E-state index is 12.8. The van der Waals surface area contributed by atoms with Crippen molar-refractivity contribution in [2.24, 2.45) is 5.92 Å². The number of halogens is 3. The number of carbonyl (C=O) groups is 1. The lowest BCUT2D eigenvalue weighted by Gasteiger charge is -2.26. The number of hydrogen-bond acceptors (Lipinski definition) is 2. The molecule has 1 aromatic heterocycles. The highest BCUT2D eigenvalue weighted by atomic mass is 32.1. The zero-order valence-corrected chi connectivity index (χ0v) is 14.6. The van der Waals surface area contributed by atoms with Crippen molar-refractivity contribution in [2.75, 3.05) is 5.32 Å². The first-order valence-corrected chi connectivity index (χ1v) is 9.26. The Bertz CT molecular complexity index is 822. The van der Waals surface area contributed by atoms with Gasteiger partial charge in [-0.05, 0) is 54.0 Å². The van der Waals surface area contributed by atoms with E-state index in [2.05, 4.69) is 12.2 Å². The van der Waals surface area contributed by atoms with Crippen LogP contribution in [0.5, 0.6) is 0 Å². The van der Waals surface area contributed by atoms with Gasteiger partial charge in [0.15, 0.2) is 0 Å². The number of nitrogens with one attached hydrogen (secondary N) is 1. The van der Waals surface area contributed by atoms with Crippen LogP contribution in [-0.2, 0) is 23.8 Å². The van der Waals surface area contributed by atoms with Crippen molar-refractivity contribution in [2.45, 2.75) is 44.7 Å². The van der Waals surface area contributed by atoms with Gasteiger partial charge in [0, 0.05) is 17.2 Å². The molecule has 4 rings (SSSR count). The van der Waals surface area contributed by atoms with Crippen molar-refractivity contribution in [1.82, 2.24) is 0 Å². The lowest BCUT2D eigenvalue weighted by Crippen LogP contribution is -2.23. The van der Waals surface area contributed by atoms with Gasteiger partial charge in [-0.15, -0.1) is 11.3 Å². The fourth-order valence-corrected chi connectivity index (χ4v) is 5.38. The molecule has 2 heterocycles. The molecule has 2 atom stereocenters. The van der Waals surface area contributed by atoms with E-state index in [1.54, 1.807) is 11.3 Å². The summed E-state index contributed by atoms with van der Waals surface area (Å²) < 4.78 is 38.4. The molecule has 1 aromatic carbocycles. The lowest BCUT2D eigenvalue weighted by atomic mass is 9.80. The van der Waals surface area contributed by atoms with Gasteiger partial charge >= 0.3 is 6.18 Å². The average molecular weight is 365 g/mol. The summed E-state index contributed by atoms with van der Waals surface area (Å²) in [4.78, 5) is 13.5. The third kappa shape index (κ3) is 2.97. The Hall–Kier alpha value is -1.82. The van der Waals surface area contributed by atoms with Gasteiger partial charge in [0.2, 0.25) is 5.91 Å². The molecular weight excluding hydrogens is 347 g/mol. The number of fused-ring (bicyclic) bond motifs is 3. The fourth-order valence-electron chi connectivity index (χ4n) is 3.89. The molecule has 1 N–H and O–H groups in total. The monoisotopic (exact) mass is 365 g/mol. The average Bonchev–Trinajstić information content (AvgIpc) is 2.90. The van der Waals surface area contributed by atoms with E-state index >= 15 is 0 Å². The van der Waals surface area contributed by atoms with Crippen LogP contribution in [0.4, 0.5) is 18.2 Å². The van der Waals surface area contributed by atoms with Crippen molar-refractivity contribution < 1.29 is 18.0 Å². The van der Waals surface area contributed by atoms with Crippen LogP contribution in [0.2, 0.25) is 0 Å². The van der Waals surface area contributed by atoms with Crippen molar-refractivity contribution in [3.05, 3.63) is 51.4 Å². The topological polar surface area (TPSA) is 29.1 Å². The minimum Gasteiger partial charge on any atom is -0.317 e. The van der Waals surface area contributed by atoms with Gasteiger partial charge in [-0.2, -0.15) is 13.2 Å². The third-order valence-corrected chi connectivity index (χ3v) is 6.37. The fraction of sp³-hybridized carbons (Fsp3) is 0.421. The summed E-state index contributed by atoms with van der Waals surface area (Å²) in [5.41, 5.74) is 2.57. The molecule has 0 spiro atoms. The smallest absolute Gasteiger partial charge is 0.317 e. The molecule has 2 nitrogen and oxygen atoms in total. The van der Waals surface area contributed by atoms with E-state index < -0.39 is 11.7 Å². The van der Waals surface area contributed by atoms with Gasteiger partial charge in [0.1, 0.15) is 0 Å². The van der Waals surface area contributed by atoms with E-state index in [1.165, 1.54) is 22.6 Å². The van der Waals surface area contributed by atoms with E-state index in [1.807, 2.05) is 0 Å². The normalized spacial score (nSPS) is 23.0. The molecule has 132 valence electrons. The van der Waals surface area contributed by atoms with Crippen LogP contribution in [0.25, 0.3) is 0 Å². The number of benzene rings is 1. The minimum absolute atomic E-state index is 0.0657. The first kappa shape index (κ1) is 16.6. The SMILES string of the molecule is CC1CCc2c(sc3c2C(c2ccc(C(F)(F)F)cc2)CC(=O)N3)C1. The summed E-state index contributed by atoms with van der Waals surface area (Å²) in [5.74, 6) is 0.413. The van der Waals surface area contributed by atoms with E-state index in [0.29, 0.717) is 5.92 Å². The molecule has 2 aliphatic rings. The quantitative estimate of drug-likeness (QED) is 0.724. The van der Waals surface area contributed by atoms with Gasteiger partial charge in [-0.1, -0.05) is 19.1 Å². The highest BCUT2D eigenvalue weighted by molar-refractivity contribution is 7.16. The summed E-state index contributed by atoms with van der Waals surface area (Å²) in [6.07, 6.45) is -0.940. The van der Waals surface area contributed by atoms with Crippen LogP contribution >= 0.6 is 11.3 Å². The Morgan fingerprint density at radius 1 is 1.16 bits per heavy atom. The second-order valence-corrected chi connectivity index (χ2v) is 8.12. The number of anilines is 1. The zero-order valence-electron chi connectivity index (χ0n) is 13.7. The Morgan fingerprint density at radius 2 is 1.88 bits per heavy atom. The molecule has 2 unspecified atom stereocenters. The third-order valence-electron chi connectivity index (χ3n) is 5.18. The highest BCUT2D eigenvalue weighted by Crippen LogP contribution is 2.48. The van der Waals surface area contributed by atoms with E-state index in [-0.39, 0.29) is 18.2 Å². The predicted octanol–water partition coefficient (Wildman–Crippen LogP) is 5.37. The summed E-state index contributed by atoms with van der Waals surface area (Å²) >= 11 is 1.64. The maximum absolute atomic E-state index is 12.8. The summed E-state index contributed by atoms with van der Waals surface area (Å²) in [6.45, 7) is 2.23. The van der Waals surface area contributed by atoms with Crippen LogP contribution < -0.4 is 5.32 Å². The first-order chi connectivity index (χ1) is 11.8. The number of thiophene rings is 1. The summed E-state index contributed by atoms with van der Waals surface area (Å²) in [6, 6.07) is 5.27. The molecule has 25 heavy (non-hydrogen) atoms. The van der Waals surface area contributed by atoms with Gasteiger partial charge < -0.3 is 5.32 Å². The largest absolute Gasteiger partial charge is 0.416 e. The lowest BCUT2D eigenvalue weighted by molar-refractivity contribution is -0.137. The molecule has 0 bridgehead atoms. The second-order valence-electron chi connectivity index (χ2n) is 7.02. The number of carbonyl (C=O) groups excluding carboxylic acids is 1. The van der Waals surface area contributed by atoms with E-state index in [0.717, 1.165) is 47.5 Å². The molecule has 0 fully saturated rings. The molecular formula is C19H18F3NOS. The minimum atomic E-state index is -4.34. The van der Waals surface area contributed by atoms with Crippen molar-refractivity contribution in [1.29, 1.82) is 0 Å². The second kappa shape index (κ2) is 5.87. The molecule has 1 aliphatic heterocycles. The summed E-state index contributed by atoms with van der Waals surface area (Å²) in [5, 5.41) is 3.86. The van der Waals surface area contributed by atoms with Gasteiger partial charge in [-0.25, -0.2) is 0 Å². The standard InChI is InChI=1S/C19H18F3NOS/c1-10-2-7-13-15(8-10)25-18-17(13)14(9-16(24)23-18)11-3-5-12(6-4-11)19(20,21)22/h3-6,10,14H,2,7-9H2,1H3,(H,23,24). The summed E-state index contributed by atoms with van der Waals surface area (Å²) in [7, 11) is 0. The first-order valence-electron chi connectivity index (χ1n) is 8.44. The van der Waals surface area contributed by atoms with E-state index in [9.17, 15) is 18.0 Å². The molecule has 6 heteroatoms. The van der Waals surface area contributed by atoms with Crippen LogP contribution in [0.1, 0.15) is 52.8 Å². The van der Waals surface area contributed by atoms with Gasteiger partial charge in [0.25, 0.3) is 0 Å². The molecule has 1 amide bonds. The Labute approximate surface area is 148 Å². The Kier molecular flexibility index (Phi) is 3.90.